The molecule has 1 saturated heterocycles. The van der Waals surface area contributed by atoms with Crippen LogP contribution in [0.3, 0.4) is 0 Å². The maximum absolute atomic E-state index is 10.0. The van der Waals surface area contributed by atoms with Crippen LogP contribution < -0.4 is 5.32 Å². The van der Waals surface area contributed by atoms with Crippen molar-refractivity contribution >= 4 is 0 Å². The van der Waals surface area contributed by atoms with Crippen LogP contribution in [0, 0.1) is 0 Å². The first kappa shape index (κ1) is 11.4. The number of nitrogens with zero attached hydrogens (tertiary/aromatic N) is 1. The standard InChI is InChI=1S/C12H18N2O2/c15-11-4-2-1-3-10(11)12(16)9-14-7-5-13-6-8-14/h1-4,12-13,15-16H,5-9H2. The summed E-state index contributed by atoms with van der Waals surface area (Å²) in [6, 6.07) is 6.96. The van der Waals surface area contributed by atoms with Crippen molar-refractivity contribution in [3.63, 3.8) is 0 Å². The van der Waals surface area contributed by atoms with Gasteiger partial charge in [-0.1, -0.05) is 18.2 Å². The molecule has 2 rings (SSSR count). The molecule has 88 valence electrons. The molecule has 3 N–H and O–H groups in total. The largest absolute Gasteiger partial charge is 0.508 e. The van der Waals surface area contributed by atoms with Gasteiger partial charge in [-0.2, -0.15) is 0 Å². The number of phenolic OH excluding ortho intramolecular Hbond substituents is 1. The summed E-state index contributed by atoms with van der Waals surface area (Å²) in [7, 11) is 0. The lowest BCUT2D eigenvalue weighted by Gasteiger charge is -2.29. The Morgan fingerprint density at radius 2 is 1.94 bits per heavy atom. The molecule has 1 aliphatic rings. The highest BCUT2D eigenvalue weighted by Gasteiger charge is 2.17. The van der Waals surface area contributed by atoms with Crippen LogP contribution in [0.4, 0.5) is 0 Å². The SMILES string of the molecule is Oc1ccccc1C(O)CN1CCNCC1. The third-order valence-corrected chi connectivity index (χ3v) is 2.94. The van der Waals surface area contributed by atoms with E-state index in [4.69, 9.17) is 0 Å². The number of benzene rings is 1. The number of hydrogen-bond donors (Lipinski definition) is 3. The molecule has 1 unspecified atom stereocenters. The summed E-state index contributed by atoms with van der Waals surface area (Å²) in [6.07, 6.45) is -0.612. The molecule has 0 aromatic heterocycles. The zero-order chi connectivity index (χ0) is 11.4. The van der Waals surface area contributed by atoms with E-state index in [1.807, 2.05) is 6.07 Å². The van der Waals surface area contributed by atoms with E-state index in [0.29, 0.717) is 12.1 Å². The van der Waals surface area contributed by atoms with Crippen LogP contribution in [0.5, 0.6) is 5.75 Å². The van der Waals surface area contributed by atoms with E-state index < -0.39 is 6.10 Å². The van der Waals surface area contributed by atoms with Crippen LogP contribution >= 0.6 is 0 Å². The average molecular weight is 222 g/mol. The van der Waals surface area contributed by atoms with Crippen molar-refractivity contribution in [3.05, 3.63) is 29.8 Å². The lowest BCUT2D eigenvalue weighted by atomic mass is 10.1. The maximum Gasteiger partial charge on any atom is 0.121 e. The first-order chi connectivity index (χ1) is 7.77. The molecule has 1 atom stereocenters. The second-order valence-electron chi connectivity index (χ2n) is 4.13. The number of nitrogens with one attached hydrogen (secondary N) is 1. The van der Waals surface area contributed by atoms with Gasteiger partial charge in [0.05, 0.1) is 6.10 Å². The number of rotatable bonds is 3. The number of phenols is 1. The molecule has 0 amide bonds. The summed E-state index contributed by atoms with van der Waals surface area (Å²) >= 11 is 0. The number of aliphatic hydroxyl groups excluding tert-OH is 1. The summed E-state index contributed by atoms with van der Waals surface area (Å²) < 4.78 is 0. The minimum absolute atomic E-state index is 0.171. The Hall–Kier alpha value is -1.10. The maximum atomic E-state index is 10.0. The van der Waals surface area contributed by atoms with Crippen molar-refractivity contribution in [2.75, 3.05) is 32.7 Å². The van der Waals surface area contributed by atoms with Crippen molar-refractivity contribution in [1.29, 1.82) is 0 Å². The molecule has 0 radical (unpaired) electrons. The quantitative estimate of drug-likeness (QED) is 0.690. The topological polar surface area (TPSA) is 55.7 Å². The Bertz CT molecular complexity index is 338. The fourth-order valence-corrected chi connectivity index (χ4v) is 2.01. The van der Waals surface area contributed by atoms with Crippen molar-refractivity contribution in [1.82, 2.24) is 10.2 Å². The van der Waals surface area contributed by atoms with Crippen LogP contribution in [0.2, 0.25) is 0 Å². The van der Waals surface area contributed by atoms with Crippen molar-refractivity contribution in [3.8, 4) is 5.75 Å². The lowest BCUT2D eigenvalue weighted by molar-refractivity contribution is 0.103. The number of aromatic hydroxyl groups is 1. The van der Waals surface area contributed by atoms with Gasteiger partial charge >= 0.3 is 0 Å². The van der Waals surface area contributed by atoms with Gasteiger partial charge in [-0.25, -0.2) is 0 Å². The number of aliphatic hydroxyl groups is 1. The summed E-state index contributed by atoms with van der Waals surface area (Å²) in [5.41, 5.74) is 0.612. The highest BCUT2D eigenvalue weighted by Crippen LogP contribution is 2.24. The predicted molar refractivity (Wildman–Crippen MR) is 62.4 cm³/mol. The van der Waals surface area contributed by atoms with Crippen LogP contribution in [0.15, 0.2) is 24.3 Å². The Morgan fingerprint density at radius 3 is 2.62 bits per heavy atom. The molecule has 0 bridgehead atoms. The Balaban J connectivity index is 1.96. The highest BCUT2D eigenvalue weighted by atomic mass is 16.3. The van der Waals surface area contributed by atoms with Crippen LogP contribution in [0.1, 0.15) is 11.7 Å². The van der Waals surface area contributed by atoms with E-state index in [1.165, 1.54) is 0 Å². The van der Waals surface area contributed by atoms with Crippen LogP contribution in [-0.4, -0.2) is 47.8 Å². The molecule has 4 nitrogen and oxygen atoms in total. The van der Waals surface area contributed by atoms with Crippen molar-refractivity contribution < 1.29 is 10.2 Å². The third-order valence-electron chi connectivity index (χ3n) is 2.94. The first-order valence-corrected chi connectivity index (χ1v) is 5.66. The molecular weight excluding hydrogens is 204 g/mol. The summed E-state index contributed by atoms with van der Waals surface area (Å²) in [5.74, 6) is 0.171. The Labute approximate surface area is 95.5 Å². The lowest BCUT2D eigenvalue weighted by Crippen LogP contribution is -2.44. The molecule has 16 heavy (non-hydrogen) atoms. The monoisotopic (exact) mass is 222 g/mol. The van der Waals surface area contributed by atoms with Gasteiger partial charge in [-0.3, -0.25) is 4.90 Å². The average Bonchev–Trinajstić information content (AvgIpc) is 2.31. The van der Waals surface area contributed by atoms with E-state index in [1.54, 1.807) is 18.2 Å². The van der Waals surface area contributed by atoms with Crippen LogP contribution in [0.25, 0.3) is 0 Å². The number of piperazine rings is 1. The predicted octanol–water partition coefficient (Wildman–Crippen LogP) is 0.331. The Morgan fingerprint density at radius 1 is 1.25 bits per heavy atom. The molecule has 1 aromatic rings. The molecule has 4 heteroatoms. The molecule has 1 fully saturated rings. The number of β-amino-alcohol motifs (C(OH)–C–C–N with tert-alkyl or cyclic N) is 1. The van der Waals surface area contributed by atoms with Gasteiger partial charge in [0.25, 0.3) is 0 Å². The summed E-state index contributed by atoms with van der Waals surface area (Å²) in [4.78, 5) is 2.20. The van der Waals surface area contributed by atoms with Gasteiger partial charge in [-0.05, 0) is 6.07 Å². The van der Waals surface area contributed by atoms with Gasteiger partial charge in [0, 0.05) is 38.3 Å². The van der Waals surface area contributed by atoms with Crippen LogP contribution in [-0.2, 0) is 0 Å². The molecule has 1 heterocycles. The minimum atomic E-state index is -0.612. The fourth-order valence-electron chi connectivity index (χ4n) is 2.01. The second-order valence-corrected chi connectivity index (χ2v) is 4.13. The van der Waals surface area contributed by atoms with Gasteiger partial charge in [-0.15, -0.1) is 0 Å². The van der Waals surface area contributed by atoms with E-state index in [9.17, 15) is 10.2 Å². The third kappa shape index (κ3) is 2.72. The molecule has 0 spiro atoms. The number of hydrogen-bond acceptors (Lipinski definition) is 4. The molecule has 1 aliphatic heterocycles. The normalized spacial score (nSPS) is 19.6. The Kier molecular flexibility index (Phi) is 3.77. The van der Waals surface area contributed by atoms with Gasteiger partial charge in [0.1, 0.15) is 5.75 Å². The zero-order valence-corrected chi connectivity index (χ0v) is 9.26. The second kappa shape index (κ2) is 5.30. The van der Waals surface area contributed by atoms with Gasteiger partial charge in [0.15, 0.2) is 0 Å². The first-order valence-electron chi connectivity index (χ1n) is 5.66. The van der Waals surface area contributed by atoms with Crippen molar-refractivity contribution in [2.45, 2.75) is 6.10 Å². The van der Waals surface area contributed by atoms with E-state index in [2.05, 4.69) is 10.2 Å². The highest BCUT2D eigenvalue weighted by molar-refractivity contribution is 5.33. The van der Waals surface area contributed by atoms with Gasteiger partial charge < -0.3 is 15.5 Å². The fraction of sp³-hybridized carbons (Fsp3) is 0.500. The summed E-state index contributed by atoms with van der Waals surface area (Å²) in [6.45, 7) is 4.41. The van der Waals surface area contributed by atoms with E-state index >= 15 is 0 Å². The minimum Gasteiger partial charge on any atom is -0.508 e. The van der Waals surface area contributed by atoms with E-state index in [0.717, 1.165) is 26.2 Å². The van der Waals surface area contributed by atoms with Gasteiger partial charge in [0.2, 0.25) is 0 Å². The molecular formula is C12H18N2O2. The smallest absolute Gasteiger partial charge is 0.121 e. The molecule has 1 aromatic carbocycles. The zero-order valence-electron chi connectivity index (χ0n) is 9.26. The number of para-hydroxylation sites is 1. The van der Waals surface area contributed by atoms with Crippen molar-refractivity contribution in [2.24, 2.45) is 0 Å². The molecule has 0 aliphatic carbocycles. The van der Waals surface area contributed by atoms with E-state index in [-0.39, 0.29) is 5.75 Å². The summed E-state index contributed by atoms with van der Waals surface area (Å²) in [5, 5.41) is 22.9. The molecule has 0 saturated carbocycles.